The van der Waals surface area contributed by atoms with Gasteiger partial charge >= 0.3 is 24.1 Å². The van der Waals surface area contributed by atoms with Gasteiger partial charge in [-0.25, -0.2) is 19.2 Å². The number of aliphatic hydroxyl groups excluding tert-OH is 1. The Bertz CT molecular complexity index is 1910. The summed E-state index contributed by atoms with van der Waals surface area (Å²) in [6, 6.07) is -3.72. The van der Waals surface area contributed by atoms with E-state index in [1.54, 1.807) is 88.3 Å². The van der Waals surface area contributed by atoms with Gasteiger partial charge in [0.15, 0.2) is 0 Å². The van der Waals surface area contributed by atoms with Crippen molar-refractivity contribution < 1.29 is 84.9 Å². The smallest absolute Gasteiger partial charge is 0.408 e. The number of amides is 6. The van der Waals surface area contributed by atoms with Crippen LogP contribution in [-0.4, -0.2) is 142 Å². The first-order valence-electron chi connectivity index (χ1n) is 23.0. The van der Waals surface area contributed by atoms with Crippen molar-refractivity contribution in [1.82, 2.24) is 31.1 Å². The first kappa shape index (κ1) is 59.6. The van der Waals surface area contributed by atoms with E-state index >= 15 is 0 Å². The standard InChI is InChI=1S/C24H39N3O7.C24H38N3O6.W.H2/c1-9-14-12-24(14,20(31)33-10-2)26-18(29)16-11-15(28)13-27(16)19(30)17(22(3,4)5)25-21(32)34-23(6,7)8;1-9-15-14-24(15,20(30)32-10-2)26-18(28)16-12-11-13-27(16)19(29)17(22(3,4)5)25-21(31)33-23(6,7)8;;/h9,14-17,28H,1,10-13H2,2-8H3,(H,25,32)(H,26,29);9,11,15-17H,1,10,12-14H2,2-8H3,(H,25,31)(H,26,28);;1H/q;-1;;/t14-,15+,16+,17-,24-;15-,16+,17-,24-;;/m11../s1/i;;;1+1. The Morgan fingerprint density at radius 3 is 1.41 bits per heavy atom. The number of carbonyl (C=O) groups excluding carboxylic acids is 8. The van der Waals surface area contributed by atoms with Gasteiger partial charge < -0.3 is 61.5 Å². The van der Waals surface area contributed by atoms with Crippen LogP contribution in [0.5, 0.6) is 0 Å². The van der Waals surface area contributed by atoms with Crippen LogP contribution in [0.25, 0.3) is 0 Å². The number of hydrogen-bond donors (Lipinski definition) is 5. The topological polar surface area (TPSA) is 248 Å². The van der Waals surface area contributed by atoms with Gasteiger partial charge in [0.1, 0.15) is 40.4 Å². The summed E-state index contributed by atoms with van der Waals surface area (Å²) in [6.45, 7) is 32.6. The molecule has 386 valence electrons. The molecule has 2 saturated heterocycles. The van der Waals surface area contributed by atoms with Gasteiger partial charge in [-0.3, -0.25) is 19.2 Å². The molecule has 19 nitrogen and oxygen atoms in total. The van der Waals surface area contributed by atoms with Gasteiger partial charge in [0.2, 0.25) is 23.6 Å². The maximum atomic E-state index is 13.5. The van der Waals surface area contributed by atoms with Crippen molar-refractivity contribution in [3.63, 3.8) is 0 Å². The molecule has 4 rings (SSSR count). The van der Waals surface area contributed by atoms with Crippen molar-refractivity contribution in [2.75, 3.05) is 26.3 Å². The average Bonchev–Trinajstić information content (AvgIpc) is 3.94. The average molecular weight is 1130 g/mol. The summed E-state index contributed by atoms with van der Waals surface area (Å²) in [5.74, 6) is -3.44. The minimum atomic E-state index is -1.21. The van der Waals surface area contributed by atoms with Gasteiger partial charge in [0, 0.05) is 47.3 Å². The molecule has 2 aliphatic carbocycles. The van der Waals surface area contributed by atoms with Crippen LogP contribution in [0.1, 0.15) is 124 Å². The molecule has 0 aromatic rings. The van der Waals surface area contributed by atoms with Crippen molar-refractivity contribution in [2.24, 2.45) is 22.7 Å². The van der Waals surface area contributed by atoms with Crippen molar-refractivity contribution in [3.8, 4) is 0 Å². The largest absolute Gasteiger partial charge is 0.464 e. The van der Waals surface area contributed by atoms with Crippen LogP contribution in [0.3, 0.4) is 0 Å². The van der Waals surface area contributed by atoms with E-state index in [0.717, 1.165) is 0 Å². The molecule has 0 aromatic carbocycles. The van der Waals surface area contributed by atoms with Crippen molar-refractivity contribution >= 4 is 47.8 Å². The van der Waals surface area contributed by atoms with E-state index in [4.69, 9.17) is 18.9 Å². The minimum absolute atomic E-state index is 0. The van der Waals surface area contributed by atoms with E-state index in [9.17, 15) is 43.5 Å². The summed E-state index contributed by atoms with van der Waals surface area (Å²) in [5, 5.41) is 21.2. The Labute approximate surface area is 418 Å². The van der Waals surface area contributed by atoms with Crippen LogP contribution in [-0.2, 0) is 68.8 Å². The number of β-amino-alcohol motifs (C(OH)–C–C–N with tert-alkyl or cyclic N) is 1. The summed E-state index contributed by atoms with van der Waals surface area (Å²) >= 11 is 0. The Morgan fingerprint density at radius 1 is 0.691 bits per heavy atom. The normalized spacial score (nSPS) is 26.1. The number of ether oxygens (including phenoxy) is 4. The third kappa shape index (κ3) is 15.2. The zero-order valence-electron chi connectivity index (χ0n) is 42.5. The van der Waals surface area contributed by atoms with Crippen LogP contribution in [0.15, 0.2) is 25.3 Å². The van der Waals surface area contributed by atoms with Crippen molar-refractivity contribution in [1.29, 1.82) is 0 Å². The fourth-order valence-electron chi connectivity index (χ4n) is 8.03. The summed E-state index contributed by atoms with van der Waals surface area (Å²) in [4.78, 5) is 106. The second-order valence-electron chi connectivity index (χ2n) is 21.8. The molecule has 9 atom stereocenters. The predicted octanol–water partition coefficient (Wildman–Crippen LogP) is 4.11. The maximum Gasteiger partial charge on any atom is 0.408 e. The summed E-state index contributed by atoms with van der Waals surface area (Å²) < 4.78 is 20.9. The number of hydrogen-bond acceptors (Lipinski definition) is 13. The zero-order valence-corrected chi connectivity index (χ0v) is 45.4. The van der Waals surface area contributed by atoms with Gasteiger partial charge in [-0.2, -0.15) is 0 Å². The van der Waals surface area contributed by atoms with Gasteiger partial charge in [-0.05, 0) is 79.1 Å². The Kier molecular flexibility index (Phi) is 20.1. The molecule has 0 aromatic heterocycles. The molecule has 5 N–H and O–H groups in total. The Hall–Kier alpha value is -4.51. The number of nitrogens with zero attached hydrogens (tertiary/aromatic N) is 2. The molecule has 2 saturated carbocycles. The fourth-order valence-corrected chi connectivity index (χ4v) is 8.03. The molecular formula is C48H79N6O13W-. The second-order valence-corrected chi connectivity index (χ2v) is 21.8. The summed E-state index contributed by atoms with van der Waals surface area (Å²) in [7, 11) is 0. The molecule has 0 unspecified atom stereocenters. The van der Waals surface area contributed by atoms with Crippen molar-refractivity contribution in [2.45, 2.75) is 175 Å². The number of esters is 2. The first-order chi connectivity index (χ1) is 30.7. The number of alkyl carbamates (subject to hydrolysis) is 2. The minimum Gasteiger partial charge on any atom is -0.464 e. The van der Waals surface area contributed by atoms with E-state index in [1.165, 1.54) is 9.80 Å². The van der Waals surface area contributed by atoms with E-state index in [0.29, 0.717) is 19.3 Å². The van der Waals surface area contributed by atoms with E-state index in [2.05, 4.69) is 34.4 Å². The van der Waals surface area contributed by atoms with Crippen LogP contribution < -0.4 is 21.3 Å². The number of likely N-dealkylation sites (tertiary alicyclic amines) is 2. The second kappa shape index (κ2) is 22.9. The summed E-state index contributed by atoms with van der Waals surface area (Å²) in [5.41, 5.74) is -5.16. The zero-order chi connectivity index (χ0) is 51.2. The predicted molar refractivity (Wildman–Crippen MR) is 250 cm³/mol. The molecule has 0 radical (unpaired) electrons. The molecule has 4 aliphatic rings. The molecule has 2 aliphatic heterocycles. The number of rotatable bonds is 14. The molecule has 2 heterocycles. The van der Waals surface area contributed by atoms with Crippen LogP contribution in [0.2, 0.25) is 0 Å². The Balaban J connectivity index is 0.000000671. The van der Waals surface area contributed by atoms with Crippen LogP contribution >= 0.6 is 0 Å². The first-order valence-corrected chi connectivity index (χ1v) is 23.0. The molecule has 0 spiro atoms. The maximum absolute atomic E-state index is 13.5. The van der Waals surface area contributed by atoms with Gasteiger partial charge in [0.25, 0.3) is 0 Å². The molecule has 68 heavy (non-hydrogen) atoms. The van der Waals surface area contributed by atoms with E-state index < -0.39 is 105 Å². The van der Waals surface area contributed by atoms with Gasteiger partial charge in [-0.1, -0.05) is 53.7 Å². The number of carbonyl (C=O) groups is 8. The molecule has 0 bridgehead atoms. The van der Waals surface area contributed by atoms with Crippen LogP contribution in [0, 0.1) is 29.1 Å². The SMILES string of the molecule is C=C[C@@H]1C[C@]1(NC(=O)[C@@H]1C[C@H](O)CN1C(=O)[C@@H](NC(=O)OC(C)(C)C)C(C)(C)C)C(=O)OCC.C=C[C@@H]1C[C@]1(NC(=O)[C@@H]1C[CH-]CN1C(=O)[C@@H](NC(=O)OC(C)(C)C)C(C)(C)C)C(=O)OCC.[2HH].[W]. The fraction of sp³-hybridized carbons (Fsp3) is 0.729. The van der Waals surface area contributed by atoms with Gasteiger partial charge in [-0.15, -0.1) is 26.1 Å². The van der Waals surface area contributed by atoms with E-state index in [-0.39, 0.29) is 73.0 Å². The van der Waals surface area contributed by atoms with E-state index in [1.807, 2.05) is 27.2 Å². The Morgan fingerprint density at radius 2 is 1.07 bits per heavy atom. The molecular weight excluding hydrogens is 1050 g/mol. The number of nitrogens with one attached hydrogen (secondary N) is 4. The third-order valence-corrected chi connectivity index (χ3v) is 11.7. The number of aliphatic hydroxyl groups is 1. The molecule has 20 heteroatoms. The third-order valence-electron chi connectivity index (χ3n) is 11.7. The monoisotopic (exact) mass is 1130 g/mol. The molecule has 4 fully saturated rings. The van der Waals surface area contributed by atoms with Crippen molar-refractivity contribution in [3.05, 3.63) is 31.7 Å². The van der Waals surface area contributed by atoms with Crippen LogP contribution in [0.4, 0.5) is 9.59 Å². The van der Waals surface area contributed by atoms with Gasteiger partial charge in [0.05, 0.1) is 25.4 Å². The quantitative estimate of drug-likeness (QED) is 0.0713. The summed E-state index contributed by atoms with van der Waals surface area (Å²) in [6.07, 6.45) is 3.80. The molecule has 6 amide bonds.